The summed E-state index contributed by atoms with van der Waals surface area (Å²) in [6, 6.07) is 1.05. The monoisotopic (exact) mass is 577 g/mol. The Kier molecular flexibility index (Phi) is 10.2. The number of carboxylic acids is 1. The number of esters is 1. The van der Waals surface area contributed by atoms with Crippen LogP contribution in [0.3, 0.4) is 0 Å². The van der Waals surface area contributed by atoms with Crippen molar-refractivity contribution < 1.29 is 56.7 Å². The molecule has 224 valence electrons. The van der Waals surface area contributed by atoms with E-state index in [9.17, 15) is 24.0 Å². The Labute approximate surface area is 227 Å². The number of carboxylic acid groups (broad SMARTS) is 1. The average molecular weight is 578 g/mol. The van der Waals surface area contributed by atoms with Crippen LogP contribution in [0.4, 0.5) is 24.2 Å². The Morgan fingerprint density at radius 2 is 1.73 bits per heavy atom. The number of hydrogen-bond donors (Lipinski definition) is 2. The molecular formula is C24H33F2N3O11. The van der Waals surface area contributed by atoms with Crippen molar-refractivity contribution in [3.63, 3.8) is 0 Å². The Hall–Kier alpha value is -3.82. The van der Waals surface area contributed by atoms with Gasteiger partial charge in [0.1, 0.15) is 29.7 Å². The molecule has 1 aromatic heterocycles. The molecule has 0 saturated carbocycles. The SMILES string of the molecule is CC(C)(C)OC(=O)Nc1ccn([C@@H]2O[C@H](COC(=O)CCCC(=O)O)[C@@H](OC(=O)OC(C)(C)C)C2(F)F)c(=O)n1. The van der Waals surface area contributed by atoms with Gasteiger partial charge in [-0.3, -0.25) is 19.5 Å². The minimum Gasteiger partial charge on any atom is -0.481 e. The first-order valence-corrected chi connectivity index (χ1v) is 12.2. The number of ether oxygens (including phenoxy) is 5. The topological polar surface area (TPSA) is 182 Å². The molecule has 0 unspecified atom stereocenters. The third kappa shape index (κ3) is 9.73. The standard InChI is InChI=1S/C24H33F2N3O11/c1-22(2,3)39-20(34)28-14-10-11-29(19(33)27-14)18-24(25,26)17(38-21(35)40-23(4,5)6)13(37-18)12-36-16(32)9-7-8-15(30)31/h10-11,13,17-18H,7-9,12H2,1-6H3,(H,30,31)(H,27,28,33,34)/t13-,17-,18-/m1/s1. The van der Waals surface area contributed by atoms with E-state index in [1.807, 2.05) is 0 Å². The highest BCUT2D eigenvalue weighted by Gasteiger charge is 2.63. The molecule has 0 bridgehead atoms. The maximum Gasteiger partial charge on any atom is 0.509 e. The average Bonchev–Trinajstić information content (AvgIpc) is 2.99. The van der Waals surface area contributed by atoms with Gasteiger partial charge in [-0.25, -0.2) is 14.4 Å². The van der Waals surface area contributed by atoms with Crippen LogP contribution < -0.4 is 11.0 Å². The van der Waals surface area contributed by atoms with Gasteiger partial charge in [0.2, 0.25) is 12.3 Å². The number of hydrogen-bond acceptors (Lipinski definition) is 11. The normalized spacial score (nSPS) is 20.4. The van der Waals surface area contributed by atoms with Gasteiger partial charge in [-0.2, -0.15) is 13.8 Å². The molecule has 1 aliphatic heterocycles. The van der Waals surface area contributed by atoms with Gasteiger partial charge in [-0.15, -0.1) is 0 Å². The molecule has 3 atom stereocenters. The van der Waals surface area contributed by atoms with Crippen molar-refractivity contribution in [3.8, 4) is 0 Å². The van der Waals surface area contributed by atoms with Crippen LogP contribution in [0.15, 0.2) is 17.1 Å². The van der Waals surface area contributed by atoms with Crippen LogP contribution in [0, 0.1) is 0 Å². The van der Waals surface area contributed by atoms with E-state index in [1.165, 1.54) is 20.8 Å². The molecule has 1 aliphatic rings. The number of alkyl halides is 2. The summed E-state index contributed by atoms with van der Waals surface area (Å²) in [6.45, 7) is 8.45. The van der Waals surface area contributed by atoms with Crippen LogP contribution in [0.5, 0.6) is 0 Å². The maximum absolute atomic E-state index is 15.6. The van der Waals surface area contributed by atoms with Gasteiger partial charge in [-0.05, 0) is 54.0 Å². The zero-order chi connectivity index (χ0) is 30.5. The van der Waals surface area contributed by atoms with E-state index in [4.69, 9.17) is 28.8 Å². The van der Waals surface area contributed by atoms with Crippen molar-refractivity contribution in [3.05, 3.63) is 22.7 Å². The quantitative estimate of drug-likeness (QED) is 0.323. The first-order valence-electron chi connectivity index (χ1n) is 12.2. The molecule has 1 aromatic rings. The second-order valence-corrected chi connectivity index (χ2v) is 10.8. The van der Waals surface area contributed by atoms with Gasteiger partial charge in [0.25, 0.3) is 0 Å². The fourth-order valence-corrected chi connectivity index (χ4v) is 3.33. The molecule has 0 aromatic carbocycles. The number of carbonyl (C=O) groups excluding carboxylic acids is 3. The van der Waals surface area contributed by atoms with Crippen molar-refractivity contribution >= 4 is 30.0 Å². The smallest absolute Gasteiger partial charge is 0.481 e. The zero-order valence-electron chi connectivity index (χ0n) is 22.9. The highest BCUT2D eigenvalue weighted by Crippen LogP contribution is 2.44. The van der Waals surface area contributed by atoms with Crippen LogP contribution >= 0.6 is 0 Å². The molecule has 0 spiro atoms. The predicted molar refractivity (Wildman–Crippen MR) is 131 cm³/mol. The van der Waals surface area contributed by atoms with Crippen LogP contribution in [0.1, 0.15) is 67.0 Å². The third-order valence-corrected chi connectivity index (χ3v) is 4.85. The number of carbonyl (C=O) groups is 4. The van der Waals surface area contributed by atoms with Gasteiger partial charge in [-0.1, -0.05) is 0 Å². The lowest BCUT2D eigenvalue weighted by atomic mass is 10.1. The summed E-state index contributed by atoms with van der Waals surface area (Å²) in [4.78, 5) is 62.9. The van der Waals surface area contributed by atoms with Crippen LogP contribution in [0.2, 0.25) is 0 Å². The van der Waals surface area contributed by atoms with Gasteiger partial charge in [0, 0.05) is 19.0 Å². The highest BCUT2D eigenvalue weighted by molar-refractivity contribution is 5.83. The lowest BCUT2D eigenvalue weighted by Crippen LogP contribution is -2.45. The van der Waals surface area contributed by atoms with Crippen molar-refractivity contribution in [2.45, 2.75) is 96.4 Å². The first kappa shape index (κ1) is 32.4. The summed E-state index contributed by atoms with van der Waals surface area (Å²) in [6.07, 6.45) is -8.65. The fourth-order valence-electron chi connectivity index (χ4n) is 3.33. The number of aromatic nitrogens is 2. The number of halogens is 2. The zero-order valence-corrected chi connectivity index (χ0v) is 22.9. The largest absolute Gasteiger partial charge is 0.509 e. The van der Waals surface area contributed by atoms with E-state index in [-0.39, 0.29) is 25.1 Å². The van der Waals surface area contributed by atoms with Crippen molar-refractivity contribution in [2.75, 3.05) is 11.9 Å². The second kappa shape index (κ2) is 12.6. The molecule has 2 N–H and O–H groups in total. The van der Waals surface area contributed by atoms with Crippen LogP contribution in [-0.2, 0) is 33.3 Å². The maximum atomic E-state index is 15.6. The minimum absolute atomic E-state index is 0.0545. The number of aliphatic carboxylic acids is 1. The minimum atomic E-state index is -4.05. The molecule has 0 aliphatic carbocycles. The van der Waals surface area contributed by atoms with Gasteiger partial charge in [0.05, 0.1) is 0 Å². The summed E-state index contributed by atoms with van der Waals surface area (Å²) in [7, 11) is 0. The highest BCUT2D eigenvalue weighted by atomic mass is 19.3. The van der Waals surface area contributed by atoms with Gasteiger partial charge < -0.3 is 28.8 Å². The first-order chi connectivity index (χ1) is 18.3. The van der Waals surface area contributed by atoms with E-state index < -0.39 is 72.0 Å². The van der Waals surface area contributed by atoms with E-state index in [2.05, 4.69) is 10.3 Å². The molecule has 2 rings (SSSR count). The van der Waals surface area contributed by atoms with Gasteiger partial charge >= 0.3 is 35.8 Å². The van der Waals surface area contributed by atoms with E-state index in [0.717, 1.165) is 12.3 Å². The van der Waals surface area contributed by atoms with Crippen LogP contribution in [0.25, 0.3) is 0 Å². The summed E-state index contributed by atoms with van der Waals surface area (Å²) in [5.74, 6) is -6.37. The molecule has 40 heavy (non-hydrogen) atoms. The Bertz CT molecular complexity index is 1160. The molecular weight excluding hydrogens is 544 g/mol. The van der Waals surface area contributed by atoms with Crippen molar-refractivity contribution in [1.29, 1.82) is 0 Å². The summed E-state index contributed by atoms with van der Waals surface area (Å²) in [5, 5.41) is 10.9. The molecule has 2 heterocycles. The van der Waals surface area contributed by atoms with Crippen LogP contribution in [-0.4, -0.2) is 74.8 Å². The number of nitrogens with one attached hydrogen (secondary N) is 1. The number of anilines is 1. The van der Waals surface area contributed by atoms with Crippen molar-refractivity contribution in [2.24, 2.45) is 0 Å². The van der Waals surface area contributed by atoms with Gasteiger partial charge in [0.15, 0.2) is 0 Å². The number of amides is 1. The summed E-state index contributed by atoms with van der Waals surface area (Å²) in [5.41, 5.74) is -3.19. The summed E-state index contributed by atoms with van der Waals surface area (Å²) >= 11 is 0. The fraction of sp³-hybridized carbons (Fsp3) is 0.667. The van der Waals surface area contributed by atoms with E-state index in [1.54, 1.807) is 20.8 Å². The molecule has 16 heteroatoms. The van der Waals surface area contributed by atoms with E-state index >= 15 is 8.78 Å². The Morgan fingerprint density at radius 3 is 2.27 bits per heavy atom. The molecule has 0 radical (unpaired) electrons. The number of nitrogens with zero attached hydrogens (tertiary/aromatic N) is 2. The number of rotatable bonds is 9. The lowest BCUT2D eigenvalue weighted by molar-refractivity contribution is -0.150. The molecule has 14 nitrogen and oxygen atoms in total. The molecule has 1 fully saturated rings. The third-order valence-electron chi connectivity index (χ3n) is 4.85. The van der Waals surface area contributed by atoms with E-state index in [0.29, 0.717) is 4.57 Å². The second-order valence-electron chi connectivity index (χ2n) is 10.8. The molecule has 1 saturated heterocycles. The Balaban J connectivity index is 2.26. The van der Waals surface area contributed by atoms with Crippen molar-refractivity contribution in [1.82, 2.24) is 9.55 Å². The predicted octanol–water partition coefficient (Wildman–Crippen LogP) is 3.24. The molecule has 1 amide bonds. The summed E-state index contributed by atoms with van der Waals surface area (Å²) < 4.78 is 56.7. The lowest BCUT2D eigenvalue weighted by Gasteiger charge is -2.26. The Morgan fingerprint density at radius 1 is 1.10 bits per heavy atom.